The van der Waals surface area contributed by atoms with Crippen molar-refractivity contribution in [3.05, 3.63) is 52.0 Å². The van der Waals surface area contributed by atoms with Crippen LogP contribution in [0.5, 0.6) is 0 Å². The molecule has 1 unspecified atom stereocenters. The molecule has 0 saturated carbocycles. The number of carbonyl (C=O) groups is 1. The summed E-state index contributed by atoms with van der Waals surface area (Å²) in [6.45, 7) is 1.77. The molecule has 21 heavy (non-hydrogen) atoms. The summed E-state index contributed by atoms with van der Waals surface area (Å²) >= 11 is 1.52. The summed E-state index contributed by atoms with van der Waals surface area (Å²) in [6.07, 6.45) is 2.50. The predicted octanol–water partition coefficient (Wildman–Crippen LogP) is 2.37. The Morgan fingerprint density at radius 1 is 1.48 bits per heavy atom. The molecule has 2 N–H and O–H groups in total. The summed E-state index contributed by atoms with van der Waals surface area (Å²) in [7, 11) is 0. The molecule has 1 aromatic carbocycles. The first-order valence-electron chi connectivity index (χ1n) is 6.65. The summed E-state index contributed by atoms with van der Waals surface area (Å²) in [6, 6.07) is 7.00. The van der Waals surface area contributed by atoms with Gasteiger partial charge in [0.2, 0.25) is 0 Å². The Morgan fingerprint density at radius 2 is 2.29 bits per heavy atom. The Kier molecular flexibility index (Phi) is 5.50. The van der Waals surface area contributed by atoms with Gasteiger partial charge in [0.1, 0.15) is 11.6 Å². The van der Waals surface area contributed by atoms with Crippen molar-refractivity contribution in [2.45, 2.75) is 19.4 Å². The van der Waals surface area contributed by atoms with Gasteiger partial charge in [-0.25, -0.2) is 4.98 Å². The highest BCUT2D eigenvalue weighted by molar-refractivity contribution is 7.09. The van der Waals surface area contributed by atoms with Crippen LogP contribution in [0.1, 0.15) is 40.3 Å². The zero-order valence-corrected chi connectivity index (χ0v) is 12.5. The van der Waals surface area contributed by atoms with E-state index in [4.69, 9.17) is 5.11 Å². The topological polar surface area (TPSA) is 62.2 Å². The summed E-state index contributed by atoms with van der Waals surface area (Å²) in [4.78, 5) is 16.7. The zero-order chi connectivity index (χ0) is 15.1. The van der Waals surface area contributed by atoms with Crippen molar-refractivity contribution >= 4 is 17.2 Å². The largest absolute Gasteiger partial charge is 0.384 e. The van der Waals surface area contributed by atoms with Gasteiger partial charge in [-0.1, -0.05) is 30.9 Å². The molecule has 0 radical (unpaired) electrons. The van der Waals surface area contributed by atoms with Crippen LogP contribution in [0, 0.1) is 11.8 Å². The number of thiazole rings is 1. The molecule has 0 bridgehead atoms. The first-order chi connectivity index (χ1) is 10.3. The van der Waals surface area contributed by atoms with E-state index in [1.807, 2.05) is 18.4 Å². The molecule has 5 heteroatoms. The second-order valence-electron chi connectivity index (χ2n) is 4.31. The zero-order valence-electron chi connectivity index (χ0n) is 11.7. The minimum atomic E-state index is -0.230. The quantitative estimate of drug-likeness (QED) is 0.852. The molecule has 2 aromatic rings. The van der Waals surface area contributed by atoms with Gasteiger partial charge in [-0.2, -0.15) is 0 Å². The van der Waals surface area contributed by atoms with E-state index in [1.54, 1.807) is 24.4 Å². The van der Waals surface area contributed by atoms with Gasteiger partial charge < -0.3 is 10.4 Å². The highest BCUT2D eigenvalue weighted by atomic mass is 32.1. The Balaban J connectivity index is 2.20. The van der Waals surface area contributed by atoms with Crippen molar-refractivity contribution in [3.8, 4) is 11.8 Å². The lowest BCUT2D eigenvalue weighted by molar-refractivity contribution is 0.0935. The third-order valence-electron chi connectivity index (χ3n) is 2.94. The standard InChI is InChI=1S/C16H16N2O2S/c1-2-14(16-17-9-11-21-16)18-15(20)13-8-4-3-6-12(13)7-5-10-19/h3-4,6,8-9,11,14,19H,2,10H2,1H3,(H,18,20). The lowest BCUT2D eigenvalue weighted by atomic mass is 10.1. The predicted molar refractivity (Wildman–Crippen MR) is 83.0 cm³/mol. The Hall–Kier alpha value is -2.16. The number of aliphatic hydroxyl groups excluding tert-OH is 1. The second kappa shape index (κ2) is 7.58. The van der Waals surface area contributed by atoms with E-state index in [1.165, 1.54) is 11.3 Å². The number of rotatable bonds is 4. The number of hydrogen-bond donors (Lipinski definition) is 2. The fourth-order valence-electron chi connectivity index (χ4n) is 1.91. The van der Waals surface area contributed by atoms with E-state index in [-0.39, 0.29) is 18.6 Å². The molecule has 4 nitrogen and oxygen atoms in total. The van der Waals surface area contributed by atoms with E-state index in [0.29, 0.717) is 11.1 Å². The Labute approximate surface area is 127 Å². The maximum atomic E-state index is 12.4. The normalized spacial score (nSPS) is 11.3. The van der Waals surface area contributed by atoms with E-state index < -0.39 is 0 Å². The van der Waals surface area contributed by atoms with Gasteiger partial charge in [0.25, 0.3) is 5.91 Å². The van der Waals surface area contributed by atoms with Gasteiger partial charge in [-0.15, -0.1) is 11.3 Å². The number of nitrogens with zero attached hydrogens (tertiary/aromatic N) is 1. The van der Waals surface area contributed by atoms with Crippen LogP contribution in [0.3, 0.4) is 0 Å². The van der Waals surface area contributed by atoms with Crippen molar-refractivity contribution in [2.75, 3.05) is 6.61 Å². The van der Waals surface area contributed by atoms with Crippen LogP contribution < -0.4 is 5.32 Å². The highest BCUT2D eigenvalue weighted by Crippen LogP contribution is 2.19. The molecule has 1 aromatic heterocycles. The number of aromatic nitrogens is 1. The molecule has 2 rings (SSSR count). The number of amides is 1. The van der Waals surface area contributed by atoms with Gasteiger partial charge >= 0.3 is 0 Å². The van der Waals surface area contributed by atoms with E-state index in [9.17, 15) is 4.79 Å². The second-order valence-corrected chi connectivity index (χ2v) is 5.24. The molecule has 0 saturated heterocycles. The maximum Gasteiger partial charge on any atom is 0.253 e. The number of nitrogens with one attached hydrogen (secondary N) is 1. The van der Waals surface area contributed by atoms with Crippen molar-refractivity contribution in [1.29, 1.82) is 0 Å². The molecule has 108 valence electrons. The van der Waals surface area contributed by atoms with Gasteiger partial charge in [-0.05, 0) is 18.6 Å². The minimum Gasteiger partial charge on any atom is -0.384 e. The van der Waals surface area contributed by atoms with E-state index in [2.05, 4.69) is 22.1 Å². The first-order valence-corrected chi connectivity index (χ1v) is 7.53. The fourth-order valence-corrected chi connectivity index (χ4v) is 2.68. The molecule has 0 fully saturated rings. The van der Waals surface area contributed by atoms with Crippen molar-refractivity contribution in [1.82, 2.24) is 10.3 Å². The van der Waals surface area contributed by atoms with Crippen LogP contribution in [-0.2, 0) is 0 Å². The maximum absolute atomic E-state index is 12.4. The summed E-state index contributed by atoms with van der Waals surface area (Å²) in [5.74, 6) is 5.19. The van der Waals surface area contributed by atoms with Crippen LogP contribution in [0.4, 0.5) is 0 Å². The average Bonchev–Trinajstić information content (AvgIpc) is 3.04. The van der Waals surface area contributed by atoms with Gasteiger partial charge in [0.05, 0.1) is 11.6 Å². The lowest BCUT2D eigenvalue weighted by Crippen LogP contribution is -2.28. The third-order valence-corrected chi connectivity index (χ3v) is 3.83. The first kappa shape index (κ1) is 15.2. The third kappa shape index (κ3) is 3.91. The molecule has 0 aliphatic carbocycles. The fraction of sp³-hybridized carbons (Fsp3) is 0.250. The smallest absolute Gasteiger partial charge is 0.253 e. The number of hydrogen-bond acceptors (Lipinski definition) is 4. The molecule has 0 spiro atoms. The number of aliphatic hydroxyl groups is 1. The molecular weight excluding hydrogens is 284 g/mol. The Morgan fingerprint density at radius 3 is 2.95 bits per heavy atom. The summed E-state index contributed by atoms with van der Waals surface area (Å²) in [5, 5.41) is 14.6. The molecule has 0 aliphatic heterocycles. The highest BCUT2D eigenvalue weighted by Gasteiger charge is 2.17. The lowest BCUT2D eigenvalue weighted by Gasteiger charge is -2.15. The molecular formula is C16H16N2O2S. The van der Waals surface area contributed by atoms with Gasteiger partial charge in [0.15, 0.2) is 0 Å². The van der Waals surface area contributed by atoms with Crippen LogP contribution in [-0.4, -0.2) is 22.6 Å². The van der Waals surface area contributed by atoms with Crippen LogP contribution in [0.15, 0.2) is 35.8 Å². The van der Waals surface area contributed by atoms with E-state index in [0.717, 1.165) is 11.4 Å². The summed E-state index contributed by atoms with van der Waals surface area (Å²) in [5.41, 5.74) is 1.12. The summed E-state index contributed by atoms with van der Waals surface area (Å²) < 4.78 is 0. The molecule has 0 aliphatic rings. The van der Waals surface area contributed by atoms with Gasteiger partial charge in [0, 0.05) is 17.1 Å². The number of benzene rings is 1. The molecule has 1 atom stereocenters. The van der Waals surface area contributed by atoms with Crippen molar-refractivity contribution < 1.29 is 9.90 Å². The molecule has 1 amide bonds. The average molecular weight is 300 g/mol. The Bertz CT molecular complexity index is 656. The van der Waals surface area contributed by atoms with Crippen molar-refractivity contribution in [2.24, 2.45) is 0 Å². The van der Waals surface area contributed by atoms with Crippen LogP contribution in [0.2, 0.25) is 0 Å². The van der Waals surface area contributed by atoms with Gasteiger partial charge in [-0.3, -0.25) is 4.79 Å². The van der Waals surface area contributed by atoms with E-state index >= 15 is 0 Å². The minimum absolute atomic E-state index is 0.101. The number of carbonyl (C=O) groups excluding carboxylic acids is 1. The monoisotopic (exact) mass is 300 g/mol. The van der Waals surface area contributed by atoms with Crippen molar-refractivity contribution in [3.63, 3.8) is 0 Å². The molecule has 1 heterocycles. The van der Waals surface area contributed by atoms with Crippen LogP contribution in [0.25, 0.3) is 0 Å². The van der Waals surface area contributed by atoms with Crippen LogP contribution >= 0.6 is 11.3 Å². The SMILES string of the molecule is CCC(NC(=O)c1ccccc1C#CCO)c1nccs1.